The lowest BCUT2D eigenvalue weighted by Crippen LogP contribution is -2.53. The van der Waals surface area contributed by atoms with Crippen LogP contribution in [-0.2, 0) is 4.79 Å². The second-order valence-electron chi connectivity index (χ2n) is 5.78. The quantitative estimate of drug-likeness (QED) is 0.837. The molecule has 2 rings (SSSR count). The lowest BCUT2D eigenvalue weighted by molar-refractivity contribution is -0.135. The van der Waals surface area contributed by atoms with Crippen LogP contribution in [0.25, 0.3) is 0 Å². The van der Waals surface area contributed by atoms with Gasteiger partial charge in [0.15, 0.2) is 0 Å². The summed E-state index contributed by atoms with van der Waals surface area (Å²) in [5, 5.41) is 3.37. The highest BCUT2D eigenvalue weighted by molar-refractivity contribution is 5.82. The van der Waals surface area contributed by atoms with Gasteiger partial charge in [0.25, 0.3) is 0 Å². The summed E-state index contributed by atoms with van der Waals surface area (Å²) < 4.78 is 0. The Morgan fingerprint density at radius 2 is 1.84 bits per heavy atom. The predicted octanol–water partition coefficient (Wildman–Crippen LogP) is 1.46. The van der Waals surface area contributed by atoms with Crippen molar-refractivity contribution in [2.24, 2.45) is 0 Å². The molecular formula is C15H29N3O. The van der Waals surface area contributed by atoms with Gasteiger partial charge in [-0.2, -0.15) is 0 Å². The highest BCUT2D eigenvalue weighted by Crippen LogP contribution is 2.18. The highest BCUT2D eigenvalue weighted by atomic mass is 16.2. The van der Waals surface area contributed by atoms with E-state index >= 15 is 0 Å². The highest BCUT2D eigenvalue weighted by Gasteiger charge is 2.30. The standard InChI is InChI=1S/C15H29N3O/c1-3-17(4-2)13-8-11-18(12-9-13)15(19)14-7-5-6-10-16-14/h13-14,16H,3-12H2,1-2H3/t14-/m1/s1. The molecule has 2 fully saturated rings. The fourth-order valence-electron chi connectivity index (χ4n) is 3.47. The molecule has 2 aliphatic heterocycles. The van der Waals surface area contributed by atoms with E-state index in [4.69, 9.17) is 0 Å². The minimum atomic E-state index is 0.0961. The first-order valence-electron chi connectivity index (χ1n) is 8.02. The van der Waals surface area contributed by atoms with E-state index in [1.165, 1.54) is 12.8 Å². The molecule has 4 heteroatoms. The number of nitrogens with zero attached hydrogens (tertiary/aromatic N) is 2. The summed E-state index contributed by atoms with van der Waals surface area (Å²) in [5.74, 6) is 0.345. The minimum absolute atomic E-state index is 0.0961. The third kappa shape index (κ3) is 3.69. The van der Waals surface area contributed by atoms with Crippen LogP contribution in [0.1, 0.15) is 46.0 Å². The fourth-order valence-corrected chi connectivity index (χ4v) is 3.47. The largest absolute Gasteiger partial charge is 0.341 e. The van der Waals surface area contributed by atoms with Gasteiger partial charge in [-0.3, -0.25) is 4.79 Å². The molecule has 2 heterocycles. The first-order chi connectivity index (χ1) is 9.26. The summed E-state index contributed by atoms with van der Waals surface area (Å²) in [6.07, 6.45) is 5.71. The number of carbonyl (C=O) groups is 1. The van der Waals surface area contributed by atoms with E-state index in [9.17, 15) is 4.79 Å². The molecule has 0 aromatic heterocycles. The molecule has 2 saturated heterocycles. The summed E-state index contributed by atoms with van der Waals surface area (Å²) >= 11 is 0. The second kappa shape index (κ2) is 7.25. The van der Waals surface area contributed by atoms with Crippen molar-refractivity contribution in [3.8, 4) is 0 Å². The zero-order valence-corrected chi connectivity index (χ0v) is 12.5. The normalized spacial score (nSPS) is 25.8. The number of carbonyl (C=O) groups excluding carboxylic acids is 1. The van der Waals surface area contributed by atoms with Crippen molar-refractivity contribution in [1.82, 2.24) is 15.1 Å². The van der Waals surface area contributed by atoms with Crippen molar-refractivity contribution in [3.05, 3.63) is 0 Å². The van der Waals surface area contributed by atoms with E-state index in [0.717, 1.165) is 52.0 Å². The third-order valence-electron chi connectivity index (χ3n) is 4.71. The summed E-state index contributed by atoms with van der Waals surface area (Å²) in [6.45, 7) is 9.60. The summed E-state index contributed by atoms with van der Waals surface area (Å²) in [5.41, 5.74) is 0. The van der Waals surface area contributed by atoms with Crippen LogP contribution < -0.4 is 5.32 Å². The fraction of sp³-hybridized carbons (Fsp3) is 0.933. The molecule has 1 N–H and O–H groups in total. The SMILES string of the molecule is CCN(CC)C1CCN(C(=O)[C@H]2CCCCN2)CC1. The van der Waals surface area contributed by atoms with Crippen LogP contribution in [0.3, 0.4) is 0 Å². The number of rotatable bonds is 4. The maximum absolute atomic E-state index is 12.4. The van der Waals surface area contributed by atoms with Gasteiger partial charge in [-0.15, -0.1) is 0 Å². The van der Waals surface area contributed by atoms with E-state index < -0.39 is 0 Å². The first kappa shape index (κ1) is 14.8. The maximum atomic E-state index is 12.4. The van der Waals surface area contributed by atoms with E-state index in [1.54, 1.807) is 0 Å². The monoisotopic (exact) mass is 267 g/mol. The van der Waals surface area contributed by atoms with Crippen molar-refractivity contribution < 1.29 is 4.79 Å². The van der Waals surface area contributed by atoms with E-state index in [1.807, 2.05) is 0 Å². The van der Waals surface area contributed by atoms with Crippen LogP contribution in [0.4, 0.5) is 0 Å². The lowest BCUT2D eigenvalue weighted by Gasteiger charge is -2.39. The van der Waals surface area contributed by atoms with Gasteiger partial charge in [0.05, 0.1) is 6.04 Å². The zero-order chi connectivity index (χ0) is 13.7. The van der Waals surface area contributed by atoms with E-state index in [2.05, 4.69) is 29.0 Å². The molecule has 19 heavy (non-hydrogen) atoms. The Labute approximate surface area is 117 Å². The number of likely N-dealkylation sites (tertiary alicyclic amines) is 1. The van der Waals surface area contributed by atoms with Crippen molar-refractivity contribution in [2.75, 3.05) is 32.7 Å². The van der Waals surface area contributed by atoms with Gasteiger partial charge in [-0.05, 0) is 45.3 Å². The first-order valence-corrected chi connectivity index (χ1v) is 8.02. The molecule has 110 valence electrons. The molecule has 1 amide bonds. The molecular weight excluding hydrogens is 238 g/mol. The van der Waals surface area contributed by atoms with Gasteiger partial charge in [-0.1, -0.05) is 20.3 Å². The molecule has 0 aliphatic carbocycles. The molecule has 0 aromatic carbocycles. The zero-order valence-electron chi connectivity index (χ0n) is 12.5. The van der Waals surface area contributed by atoms with Crippen LogP contribution >= 0.6 is 0 Å². The molecule has 0 bridgehead atoms. The molecule has 0 unspecified atom stereocenters. The Hall–Kier alpha value is -0.610. The maximum Gasteiger partial charge on any atom is 0.239 e. The Morgan fingerprint density at radius 3 is 2.37 bits per heavy atom. The van der Waals surface area contributed by atoms with E-state index in [0.29, 0.717) is 11.9 Å². The average molecular weight is 267 g/mol. The topological polar surface area (TPSA) is 35.6 Å². The smallest absolute Gasteiger partial charge is 0.239 e. The van der Waals surface area contributed by atoms with Gasteiger partial charge in [0, 0.05) is 19.1 Å². The van der Waals surface area contributed by atoms with Crippen LogP contribution in [-0.4, -0.2) is 60.5 Å². The van der Waals surface area contributed by atoms with Gasteiger partial charge in [-0.25, -0.2) is 0 Å². The number of hydrogen-bond donors (Lipinski definition) is 1. The Morgan fingerprint density at radius 1 is 1.16 bits per heavy atom. The third-order valence-corrected chi connectivity index (χ3v) is 4.71. The van der Waals surface area contributed by atoms with Crippen molar-refractivity contribution in [1.29, 1.82) is 0 Å². The molecule has 0 aromatic rings. The summed E-state index contributed by atoms with van der Waals surface area (Å²) in [4.78, 5) is 17.0. The van der Waals surface area contributed by atoms with Crippen LogP contribution in [0.5, 0.6) is 0 Å². The second-order valence-corrected chi connectivity index (χ2v) is 5.78. The summed E-state index contributed by atoms with van der Waals surface area (Å²) in [6, 6.07) is 0.775. The van der Waals surface area contributed by atoms with Crippen molar-refractivity contribution in [2.45, 2.75) is 58.0 Å². The Bertz CT molecular complexity index is 277. The number of amides is 1. The minimum Gasteiger partial charge on any atom is -0.341 e. The Kier molecular flexibility index (Phi) is 5.64. The van der Waals surface area contributed by atoms with Gasteiger partial charge in [0.2, 0.25) is 5.91 Å². The molecule has 4 nitrogen and oxygen atoms in total. The van der Waals surface area contributed by atoms with Gasteiger partial charge >= 0.3 is 0 Å². The molecule has 0 saturated carbocycles. The van der Waals surface area contributed by atoms with Crippen molar-refractivity contribution >= 4 is 5.91 Å². The van der Waals surface area contributed by atoms with Gasteiger partial charge < -0.3 is 15.1 Å². The Balaban J connectivity index is 1.80. The lowest BCUT2D eigenvalue weighted by atomic mass is 9.99. The molecule has 2 aliphatic rings. The molecule has 0 radical (unpaired) electrons. The number of nitrogens with one attached hydrogen (secondary N) is 1. The average Bonchev–Trinajstić information content (AvgIpc) is 2.49. The number of hydrogen-bond acceptors (Lipinski definition) is 3. The van der Waals surface area contributed by atoms with Crippen LogP contribution in [0.2, 0.25) is 0 Å². The van der Waals surface area contributed by atoms with E-state index in [-0.39, 0.29) is 6.04 Å². The predicted molar refractivity (Wildman–Crippen MR) is 78.2 cm³/mol. The van der Waals surface area contributed by atoms with Crippen LogP contribution in [0.15, 0.2) is 0 Å². The van der Waals surface area contributed by atoms with Crippen LogP contribution in [0, 0.1) is 0 Å². The molecule has 1 atom stereocenters. The molecule has 0 spiro atoms. The number of piperidine rings is 2. The van der Waals surface area contributed by atoms with Gasteiger partial charge in [0.1, 0.15) is 0 Å². The van der Waals surface area contributed by atoms with Crippen molar-refractivity contribution in [3.63, 3.8) is 0 Å². The summed E-state index contributed by atoms with van der Waals surface area (Å²) in [7, 11) is 0.